The third-order valence-corrected chi connectivity index (χ3v) is 6.76. The molecule has 148 valence electrons. The number of alkyl halides is 2. The monoisotopic (exact) mass is 590 g/mol. The van der Waals surface area contributed by atoms with Gasteiger partial charge in [0.05, 0.1) is 12.1 Å². The van der Waals surface area contributed by atoms with Crippen LogP contribution in [0.4, 0.5) is 4.79 Å². The van der Waals surface area contributed by atoms with E-state index < -0.39 is 12.1 Å². The number of nitrogens with one attached hydrogen (secondary N) is 2. The van der Waals surface area contributed by atoms with Crippen molar-refractivity contribution in [3.63, 3.8) is 0 Å². The molecule has 0 aromatic rings. The van der Waals surface area contributed by atoms with Crippen LogP contribution in [0.5, 0.6) is 0 Å². The molecule has 2 aliphatic rings. The summed E-state index contributed by atoms with van der Waals surface area (Å²) in [5.41, 5.74) is 5.09. The molecule has 0 aromatic carbocycles. The largest absolute Gasteiger partial charge is 0.336 e. The van der Waals surface area contributed by atoms with Gasteiger partial charge in [-0.3, -0.25) is 19.9 Å². The molecule has 0 saturated carbocycles. The van der Waals surface area contributed by atoms with E-state index in [0.29, 0.717) is 16.9 Å². The first-order valence-electron chi connectivity index (χ1n) is 9.05. The van der Waals surface area contributed by atoms with E-state index in [4.69, 9.17) is 0 Å². The summed E-state index contributed by atoms with van der Waals surface area (Å²) in [6.45, 7) is 9.23. The molecule has 9 heteroatoms. The lowest BCUT2D eigenvalue weighted by Gasteiger charge is -2.28. The van der Waals surface area contributed by atoms with Crippen molar-refractivity contribution in [1.29, 1.82) is 0 Å². The molecule has 4 unspecified atom stereocenters. The number of ketones is 1. The van der Waals surface area contributed by atoms with Crippen LogP contribution in [0.2, 0.25) is 0 Å². The van der Waals surface area contributed by atoms with Crippen molar-refractivity contribution in [2.24, 2.45) is 5.92 Å². The minimum absolute atomic E-state index is 0.0696. The topological polar surface area (TPSA) is 81.8 Å². The first-order valence-corrected chi connectivity index (χ1v) is 11.5. The second-order valence-corrected chi connectivity index (χ2v) is 11.1. The van der Waals surface area contributed by atoms with E-state index in [1.807, 2.05) is 13.8 Å². The van der Waals surface area contributed by atoms with Gasteiger partial charge in [0, 0.05) is 32.9 Å². The van der Waals surface area contributed by atoms with Gasteiger partial charge in [-0.25, -0.2) is 10.2 Å². The Morgan fingerprint density at radius 2 is 1.50 bits per heavy atom. The number of hydrogen-bond acceptors (Lipinski definition) is 4. The van der Waals surface area contributed by atoms with Crippen molar-refractivity contribution in [3.8, 4) is 0 Å². The van der Waals surface area contributed by atoms with Gasteiger partial charge in [0.1, 0.15) is 0 Å². The fourth-order valence-corrected chi connectivity index (χ4v) is 5.41. The lowest BCUT2D eigenvalue weighted by atomic mass is 10.00. The molecule has 0 bridgehead atoms. The molecule has 2 aliphatic heterocycles. The van der Waals surface area contributed by atoms with E-state index in [-0.39, 0.29) is 33.6 Å². The fourth-order valence-electron chi connectivity index (χ4n) is 3.57. The summed E-state index contributed by atoms with van der Waals surface area (Å²) in [4.78, 5) is 41.2. The van der Waals surface area contributed by atoms with Crippen molar-refractivity contribution < 1.29 is 14.4 Å². The molecule has 2 fully saturated rings. The van der Waals surface area contributed by atoms with E-state index in [1.54, 1.807) is 4.90 Å². The first kappa shape index (κ1) is 22.1. The van der Waals surface area contributed by atoms with Crippen molar-refractivity contribution in [3.05, 3.63) is 0 Å². The van der Waals surface area contributed by atoms with E-state index in [2.05, 4.69) is 74.8 Å². The third kappa shape index (κ3) is 5.21. The zero-order valence-corrected chi connectivity index (χ0v) is 20.0. The van der Waals surface area contributed by atoms with Gasteiger partial charge >= 0.3 is 6.03 Å². The molecule has 2 rings (SSSR count). The summed E-state index contributed by atoms with van der Waals surface area (Å²) in [6, 6.07) is -0.781. The number of hydrazine groups is 1. The van der Waals surface area contributed by atoms with Crippen LogP contribution in [-0.2, 0) is 9.59 Å². The van der Waals surface area contributed by atoms with E-state index >= 15 is 0 Å². The molecule has 0 radical (unpaired) electrons. The van der Waals surface area contributed by atoms with Crippen LogP contribution in [-0.4, -0.2) is 66.6 Å². The summed E-state index contributed by atoms with van der Waals surface area (Å²) in [5, 5.41) is 0. The predicted molar refractivity (Wildman–Crippen MR) is 117 cm³/mol. The van der Waals surface area contributed by atoms with Gasteiger partial charge < -0.3 is 4.90 Å². The normalized spacial score (nSPS) is 29.5. The van der Waals surface area contributed by atoms with Crippen molar-refractivity contribution >= 4 is 62.9 Å². The van der Waals surface area contributed by atoms with Gasteiger partial charge in [-0.2, -0.15) is 0 Å². The second kappa shape index (κ2) is 9.35. The molecular weight excluding hydrogens is 562 g/mol. The second-order valence-electron chi connectivity index (χ2n) is 7.62. The Kier molecular flexibility index (Phi) is 7.96. The lowest BCUT2D eigenvalue weighted by Crippen LogP contribution is -2.56. The molecule has 3 amide bonds. The maximum atomic E-state index is 12.6. The maximum absolute atomic E-state index is 12.6. The highest BCUT2D eigenvalue weighted by atomic mass is 127. The average molecular weight is 590 g/mol. The number of hydrogen-bond donors (Lipinski definition) is 2. The van der Waals surface area contributed by atoms with Crippen molar-refractivity contribution in [2.75, 3.05) is 13.1 Å². The molecule has 0 spiro atoms. The number of likely N-dealkylation sites (tertiary alicyclic amines) is 2. The molecule has 2 heterocycles. The van der Waals surface area contributed by atoms with Crippen LogP contribution in [0.3, 0.4) is 0 Å². The number of carbonyl (C=O) groups is 3. The van der Waals surface area contributed by atoms with Gasteiger partial charge in [-0.1, -0.05) is 59.0 Å². The van der Waals surface area contributed by atoms with Crippen LogP contribution < -0.4 is 10.9 Å². The van der Waals surface area contributed by atoms with E-state index in [9.17, 15) is 14.4 Å². The fraction of sp³-hybridized carbons (Fsp3) is 0.824. The highest BCUT2D eigenvalue weighted by Crippen LogP contribution is 2.27. The number of Topliss-reactive ketones (excluding diaryl/α,β-unsaturated/α-hetero) is 1. The summed E-state index contributed by atoms with van der Waals surface area (Å²) >= 11 is 4.63. The van der Waals surface area contributed by atoms with E-state index in [1.165, 1.54) is 0 Å². The van der Waals surface area contributed by atoms with Gasteiger partial charge in [0.25, 0.3) is 5.91 Å². The smallest absolute Gasteiger partial charge is 0.312 e. The van der Waals surface area contributed by atoms with Gasteiger partial charge in [0.2, 0.25) is 0 Å². The summed E-state index contributed by atoms with van der Waals surface area (Å²) in [5.74, 6) is -0.242. The molecule has 26 heavy (non-hydrogen) atoms. The minimum atomic E-state index is -0.411. The molecule has 2 N–H and O–H groups in total. The maximum Gasteiger partial charge on any atom is 0.336 e. The lowest BCUT2D eigenvalue weighted by molar-refractivity contribution is -0.126. The standard InChI is InChI=1S/C17H28I2N4O3/c1-9(2)15(24)13-5-11(18)8-23(13)17(26)21-20-16(25)14-6-12(19)7-22(14)10(3)4/h9-14H,5-8H2,1-4H3,(H,20,25)(H,21,26). The number of carbonyl (C=O) groups excluding carboxylic acids is 3. The Hall–Kier alpha value is -0.170. The van der Waals surface area contributed by atoms with E-state index in [0.717, 1.165) is 13.0 Å². The number of urea groups is 1. The first-order chi connectivity index (χ1) is 12.1. The Labute approximate surface area is 182 Å². The highest BCUT2D eigenvalue weighted by molar-refractivity contribution is 14.1. The Bertz CT molecular complexity index is 558. The zero-order valence-electron chi connectivity index (χ0n) is 15.7. The van der Waals surface area contributed by atoms with Crippen LogP contribution >= 0.6 is 45.2 Å². The molecule has 2 saturated heterocycles. The molecular formula is C17H28I2N4O3. The van der Waals surface area contributed by atoms with Crippen LogP contribution in [0.15, 0.2) is 0 Å². The zero-order chi connectivity index (χ0) is 19.6. The third-order valence-electron chi connectivity index (χ3n) is 4.96. The highest BCUT2D eigenvalue weighted by Gasteiger charge is 2.40. The van der Waals surface area contributed by atoms with Gasteiger partial charge in [-0.05, 0) is 26.7 Å². The van der Waals surface area contributed by atoms with Gasteiger partial charge in [0.15, 0.2) is 5.78 Å². The summed E-state index contributed by atoms with van der Waals surface area (Å²) in [6.07, 6.45) is 1.44. The Morgan fingerprint density at radius 1 is 0.923 bits per heavy atom. The Morgan fingerprint density at radius 3 is 2.08 bits per heavy atom. The number of halogens is 2. The summed E-state index contributed by atoms with van der Waals surface area (Å²) < 4.78 is 0.667. The van der Waals surface area contributed by atoms with Gasteiger partial charge in [-0.15, -0.1) is 0 Å². The van der Waals surface area contributed by atoms with Crippen LogP contribution in [0.25, 0.3) is 0 Å². The molecule has 0 aliphatic carbocycles. The molecule has 7 nitrogen and oxygen atoms in total. The average Bonchev–Trinajstić information content (AvgIpc) is 3.14. The number of nitrogens with zero attached hydrogens (tertiary/aromatic N) is 2. The number of rotatable bonds is 4. The van der Waals surface area contributed by atoms with Crippen LogP contribution in [0.1, 0.15) is 40.5 Å². The SMILES string of the molecule is CC(C)C(=O)C1CC(I)CN1C(=O)NNC(=O)C1CC(I)CN1C(C)C. The van der Waals surface area contributed by atoms with Crippen LogP contribution in [0, 0.1) is 5.92 Å². The molecule has 0 aromatic heterocycles. The number of amides is 3. The Balaban J connectivity index is 1.95. The molecule has 4 atom stereocenters. The van der Waals surface area contributed by atoms with Crippen molar-refractivity contribution in [1.82, 2.24) is 20.7 Å². The quantitative estimate of drug-likeness (QED) is 0.299. The predicted octanol–water partition coefficient (Wildman–Crippen LogP) is 2.12. The van der Waals surface area contributed by atoms with Crippen molar-refractivity contribution in [2.45, 2.75) is 66.5 Å². The minimum Gasteiger partial charge on any atom is -0.312 e. The summed E-state index contributed by atoms with van der Waals surface area (Å²) in [7, 11) is 0.